The average Bonchev–Trinajstić information content (AvgIpc) is 2.20. The number of nitrogens with zero attached hydrogens (tertiary/aromatic N) is 2. The third-order valence-corrected chi connectivity index (χ3v) is 2.52. The summed E-state index contributed by atoms with van der Waals surface area (Å²) in [5, 5.41) is 0.660. The largest absolute Gasteiger partial charge is 0.368 e. The summed E-state index contributed by atoms with van der Waals surface area (Å²) in [7, 11) is 0. The molecule has 3 N–H and O–H groups in total. The first-order valence-electron chi connectivity index (χ1n) is 4.56. The van der Waals surface area contributed by atoms with Crippen molar-refractivity contribution in [1.82, 2.24) is 15.0 Å². The highest BCUT2D eigenvalue weighted by Gasteiger charge is 2.04. The Morgan fingerprint density at radius 2 is 2.12 bits per heavy atom. The smallest absolute Gasteiger partial charge is 0.349 e. The minimum Gasteiger partial charge on any atom is -0.368 e. The van der Waals surface area contributed by atoms with E-state index in [0.29, 0.717) is 10.8 Å². The van der Waals surface area contributed by atoms with Gasteiger partial charge in [-0.2, -0.15) is 9.97 Å². The van der Waals surface area contributed by atoms with Gasteiger partial charge in [-0.05, 0) is 30.7 Å². The van der Waals surface area contributed by atoms with Crippen LogP contribution in [-0.2, 0) is 0 Å². The molecular formula is C10H9ClN4O. The van der Waals surface area contributed by atoms with Crippen molar-refractivity contribution in [3.05, 3.63) is 39.3 Å². The second kappa shape index (κ2) is 3.94. The number of halogens is 1. The van der Waals surface area contributed by atoms with Crippen LogP contribution < -0.4 is 11.4 Å². The van der Waals surface area contributed by atoms with Gasteiger partial charge in [0.05, 0.1) is 0 Å². The Labute approximate surface area is 96.3 Å². The van der Waals surface area contributed by atoms with Crippen LogP contribution in [-0.4, -0.2) is 15.0 Å². The van der Waals surface area contributed by atoms with E-state index in [-0.39, 0.29) is 5.95 Å². The summed E-state index contributed by atoms with van der Waals surface area (Å²) in [4.78, 5) is 21.0. The van der Waals surface area contributed by atoms with Crippen LogP contribution >= 0.6 is 11.6 Å². The van der Waals surface area contributed by atoms with Crippen molar-refractivity contribution >= 4 is 17.5 Å². The van der Waals surface area contributed by atoms with E-state index in [0.717, 1.165) is 11.1 Å². The lowest BCUT2D eigenvalue weighted by atomic mass is 10.1. The molecule has 2 aromatic rings. The van der Waals surface area contributed by atoms with Crippen LogP contribution in [0.25, 0.3) is 11.4 Å². The summed E-state index contributed by atoms with van der Waals surface area (Å²) in [6.45, 7) is 1.87. The van der Waals surface area contributed by atoms with Crippen LogP contribution in [0.5, 0.6) is 0 Å². The Morgan fingerprint density at radius 3 is 2.75 bits per heavy atom. The zero-order valence-electron chi connectivity index (χ0n) is 8.49. The fraction of sp³-hybridized carbons (Fsp3) is 0.100. The number of hydrogen-bond donors (Lipinski definition) is 2. The van der Waals surface area contributed by atoms with E-state index in [1.807, 2.05) is 13.0 Å². The molecule has 0 spiro atoms. The normalized spacial score (nSPS) is 10.4. The number of aryl methyl sites for hydroxylation is 1. The van der Waals surface area contributed by atoms with Gasteiger partial charge in [0.1, 0.15) is 5.82 Å². The number of aromatic amines is 1. The fourth-order valence-electron chi connectivity index (χ4n) is 1.33. The van der Waals surface area contributed by atoms with E-state index < -0.39 is 5.69 Å². The summed E-state index contributed by atoms with van der Waals surface area (Å²) < 4.78 is 0. The van der Waals surface area contributed by atoms with E-state index in [9.17, 15) is 4.79 Å². The Morgan fingerprint density at radius 1 is 1.38 bits per heavy atom. The predicted molar refractivity (Wildman–Crippen MR) is 62.2 cm³/mol. The number of hydrogen-bond acceptors (Lipinski definition) is 4. The molecule has 0 fully saturated rings. The van der Waals surface area contributed by atoms with Crippen molar-refractivity contribution in [2.45, 2.75) is 6.92 Å². The maximum absolute atomic E-state index is 11.1. The highest BCUT2D eigenvalue weighted by molar-refractivity contribution is 6.31. The molecule has 0 amide bonds. The van der Waals surface area contributed by atoms with Crippen molar-refractivity contribution in [2.24, 2.45) is 0 Å². The van der Waals surface area contributed by atoms with Crippen LogP contribution in [0.15, 0.2) is 23.0 Å². The number of nitrogen functional groups attached to an aromatic ring is 1. The van der Waals surface area contributed by atoms with Crippen LogP contribution in [0.4, 0.5) is 5.95 Å². The lowest BCUT2D eigenvalue weighted by Gasteiger charge is -2.03. The first-order valence-corrected chi connectivity index (χ1v) is 4.94. The summed E-state index contributed by atoms with van der Waals surface area (Å²) in [6.07, 6.45) is 0. The summed E-state index contributed by atoms with van der Waals surface area (Å²) in [6, 6.07) is 5.32. The number of nitrogens with two attached hydrogens (primary N) is 1. The van der Waals surface area contributed by atoms with Gasteiger partial charge in [0.25, 0.3) is 0 Å². The first-order chi connectivity index (χ1) is 7.56. The molecule has 0 radical (unpaired) electrons. The minimum atomic E-state index is -0.518. The number of benzene rings is 1. The lowest BCUT2D eigenvalue weighted by Crippen LogP contribution is -2.15. The molecule has 82 valence electrons. The van der Waals surface area contributed by atoms with Crippen LogP contribution in [0.1, 0.15) is 5.56 Å². The Bertz CT molecular complexity index is 594. The molecule has 1 aromatic carbocycles. The Balaban J connectivity index is 2.58. The number of rotatable bonds is 1. The van der Waals surface area contributed by atoms with Gasteiger partial charge in [-0.25, -0.2) is 4.79 Å². The van der Waals surface area contributed by atoms with Crippen LogP contribution in [0.3, 0.4) is 0 Å². The summed E-state index contributed by atoms with van der Waals surface area (Å²) in [5.74, 6) is 0.337. The maximum Gasteiger partial charge on any atom is 0.349 e. The molecule has 0 atom stereocenters. The Kier molecular flexibility index (Phi) is 2.62. The SMILES string of the molecule is Cc1cc(-c2nc(N)nc(=O)[nH]2)ccc1Cl. The minimum absolute atomic E-state index is 0.0497. The number of nitrogens with one attached hydrogen (secondary N) is 1. The molecule has 0 aliphatic carbocycles. The molecule has 1 heterocycles. The van der Waals surface area contributed by atoms with Crippen molar-refractivity contribution in [1.29, 1.82) is 0 Å². The van der Waals surface area contributed by atoms with Crippen molar-refractivity contribution < 1.29 is 0 Å². The molecule has 2 rings (SSSR count). The van der Waals surface area contributed by atoms with E-state index >= 15 is 0 Å². The van der Waals surface area contributed by atoms with Gasteiger partial charge in [0, 0.05) is 10.6 Å². The molecule has 5 nitrogen and oxygen atoms in total. The first kappa shape index (κ1) is 10.6. The molecule has 0 saturated carbocycles. The third kappa shape index (κ3) is 2.04. The van der Waals surface area contributed by atoms with E-state index in [1.54, 1.807) is 12.1 Å². The third-order valence-electron chi connectivity index (χ3n) is 2.10. The number of H-pyrrole nitrogens is 1. The van der Waals surface area contributed by atoms with Crippen molar-refractivity contribution in [2.75, 3.05) is 5.73 Å². The van der Waals surface area contributed by atoms with Gasteiger partial charge in [0.2, 0.25) is 5.95 Å². The van der Waals surface area contributed by atoms with Gasteiger partial charge in [-0.1, -0.05) is 11.6 Å². The topological polar surface area (TPSA) is 84.7 Å². The molecule has 0 saturated heterocycles. The molecule has 0 bridgehead atoms. The predicted octanol–water partition coefficient (Wildman–Crippen LogP) is 1.38. The fourth-order valence-corrected chi connectivity index (χ4v) is 1.45. The summed E-state index contributed by atoms with van der Waals surface area (Å²) >= 11 is 5.90. The lowest BCUT2D eigenvalue weighted by molar-refractivity contribution is 1.01. The number of aromatic nitrogens is 3. The molecule has 0 aliphatic heterocycles. The monoisotopic (exact) mass is 236 g/mol. The van der Waals surface area contributed by atoms with Gasteiger partial charge in [-0.15, -0.1) is 0 Å². The quantitative estimate of drug-likeness (QED) is 0.783. The second-order valence-corrected chi connectivity index (χ2v) is 3.73. The zero-order chi connectivity index (χ0) is 11.7. The molecule has 0 aliphatic rings. The average molecular weight is 237 g/mol. The zero-order valence-corrected chi connectivity index (χ0v) is 9.25. The highest BCUT2D eigenvalue weighted by atomic mass is 35.5. The van der Waals surface area contributed by atoms with E-state index in [4.69, 9.17) is 17.3 Å². The molecule has 1 aromatic heterocycles. The van der Waals surface area contributed by atoms with Crippen molar-refractivity contribution in [3.63, 3.8) is 0 Å². The molecule has 0 unspecified atom stereocenters. The standard InChI is InChI=1S/C10H9ClN4O/c1-5-4-6(2-3-7(5)11)8-13-9(12)15-10(16)14-8/h2-4H,1H3,(H3,12,13,14,15,16). The van der Waals surface area contributed by atoms with E-state index in [2.05, 4.69) is 15.0 Å². The van der Waals surface area contributed by atoms with Gasteiger partial charge >= 0.3 is 5.69 Å². The Hall–Kier alpha value is -1.88. The van der Waals surface area contributed by atoms with Crippen LogP contribution in [0, 0.1) is 6.92 Å². The van der Waals surface area contributed by atoms with Crippen LogP contribution in [0.2, 0.25) is 5.02 Å². The molecule has 16 heavy (non-hydrogen) atoms. The molecule has 6 heteroatoms. The molecular weight excluding hydrogens is 228 g/mol. The highest BCUT2D eigenvalue weighted by Crippen LogP contribution is 2.21. The van der Waals surface area contributed by atoms with Gasteiger partial charge in [0.15, 0.2) is 0 Å². The van der Waals surface area contributed by atoms with Gasteiger partial charge < -0.3 is 5.73 Å². The maximum atomic E-state index is 11.1. The number of anilines is 1. The van der Waals surface area contributed by atoms with Gasteiger partial charge in [-0.3, -0.25) is 4.98 Å². The summed E-state index contributed by atoms with van der Waals surface area (Å²) in [5.41, 5.74) is 6.52. The van der Waals surface area contributed by atoms with Crippen molar-refractivity contribution in [3.8, 4) is 11.4 Å². The van der Waals surface area contributed by atoms with E-state index in [1.165, 1.54) is 0 Å². The second-order valence-electron chi connectivity index (χ2n) is 3.32.